The molecule has 21 heavy (non-hydrogen) atoms. The first kappa shape index (κ1) is 13.8. The number of hydrogen-bond donors (Lipinski definition) is 1. The Morgan fingerprint density at radius 2 is 2.24 bits per heavy atom. The molecule has 108 valence electrons. The summed E-state index contributed by atoms with van der Waals surface area (Å²) in [5.41, 5.74) is 3.75. The normalized spacial score (nSPS) is 10.8. The number of anilines is 1. The Labute approximate surface area is 126 Å². The molecular formula is C15H15FN4S. The molecule has 0 spiro atoms. The summed E-state index contributed by atoms with van der Waals surface area (Å²) < 4.78 is 15.0. The van der Waals surface area contributed by atoms with Crippen molar-refractivity contribution < 1.29 is 4.39 Å². The second-order valence-electron chi connectivity index (χ2n) is 4.86. The highest BCUT2D eigenvalue weighted by molar-refractivity contribution is 7.13. The maximum Gasteiger partial charge on any atom is 0.126 e. The minimum atomic E-state index is -0.238. The smallest absolute Gasteiger partial charge is 0.126 e. The van der Waals surface area contributed by atoms with Crippen LogP contribution in [0.1, 0.15) is 11.3 Å². The van der Waals surface area contributed by atoms with Gasteiger partial charge in [-0.25, -0.2) is 9.37 Å². The van der Waals surface area contributed by atoms with Gasteiger partial charge in [0.1, 0.15) is 10.8 Å². The van der Waals surface area contributed by atoms with E-state index in [1.165, 1.54) is 12.1 Å². The third-order valence-electron chi connectivity index (χ3n) is 3.16. The molecular weight excluding hydrogens is 287 g/mol. The molecule has 0 bridgehead atoms. The fraction of sp³-hybridized carbons (Fsp3) is 0.200. The van der Waals surface area contributed by atoms with E-state index in [9.17, 15) is 4.39 Å². The molecule has 4 nitrogen and oxygen atoms in total. The summed E-state index contributed by atoms with van der Waals surface area (Å²) in [5, 5.41) is 10.3. The van der Waals surface area contributed by atoms with Gasteiger partial charge in [-0.05, 0) is 24.6 Å². The van der Waals surface area contributed by atoms with Crippen LogP contribution in [0, 0.1) is 12.7 Å². The van der Waals surface area contributed by atoms with Crippen LogP contribution >= 0.6 is 11.3 Å². The summed E-state index contributed by atoms with van der Waals surface area (Å²) in [6.45, 7) is 2.52. The SMILES string of the molecule is Cc1ccc(F)cc1NCc1csc(-c2cnn(C)c2)n1. The largest absolute Gasteiger partial charge is 0.379 e. The van der Waals surface area contributed by atoms with Gasteiger partial charge in [0.05, 0.1) is 18.4 Å². The Bertz CT molecular complexity index is 763. The van der Waals surface area contributed by atoms with Crippen LogP contribution in [-0.4, -0.2) is 14.8 Å². The lowest BCUT2D eigenvalue weighted by atomic mass is 10.2. The van der Waals surface area contributed by atoms with Crippen molar-refractivity contribution in [1.29, 1.82) is 0 Å². The molecule has 6 heteroatoms. The van der Waals surface area contributed by atoms with Crippen molar-refractivity contribution >= 4 is 17.0 Å². The Balaban J connectivity index is 1.71. The van der Waals surface area contributed by atoms with Crippen LogP contribution in [0.25, 0.3) is 10.6 Å². The molecule has 0 amide bonds. The van der Waals surface area contributed by atoms with Crippen molar-refractivity contribution in [2.45, 2.75) is 13.5 Å². The first-order valence-electron chi connectivity index (χ1n) is 6.55. The molecule has 0 aliphatic carbocycles. The van der Waals surface area contributed by atoms with E-state index in [0.717, 1.165) is 27.5 Å². The number of aryl methyl sites for hydroxylation is 2. The van der Waals surface area contributed by atoms with Crippen LogP contribution in [-0.2, 0) is 13.6 Å². The maximum atomic E-state index is 13.2. The van der Waals surface area contributed by atoms with Crippen LogP contribution in [0.3, 0.4) is 0 Å². The van der Waals surface area contributed by atoms with E-state index in [1.54, 1.807) is 28.3 Å². The fourth-order valence-electron chi connectivity index (χ4n) is 2.02. The van der Waals surface area contributed by atoms with Crippen LogP contribution < -0.4 is 5.32 Å². The van der Waals surface area contributed by atoms with E-state index < -0.39 is 0 Å². The van der Waals surface area contributed by atoms with E-state index in [1.807, 2.05) is 25.5 Å². The summed E-state index contributed by atoms with van der Waals surface area (Å²) in [4.78, 5) is 4.57. The van der Waals surface area contributed by atoms with Gasteiger partial charge in [0, 0.05) is 29.9 Å². The molecule has 1 aromatic carbocycles. The van der Waals surface area contributed by atoms with E-state index in [0.29, 0.717) is 6.54 Å². The zero-order valence-electron chi connectivity index (χ0n) is 11.8. The maximum absolute atomic E-state index is 13.2. The van der Waals surface area contributed by atoms with E-state index in [4.69, 9.17) is 0 Å². The lowest BCUT2D eigenvalue weighted by Crippen LogP contribution is -2.01. The molecule has 2 aromatic heterocycles. The van der Waals surface area contributed by atoms with Crippen LogP contribution in [0.15, 0.2) is 36.0 Å². The standard InChI is InChI=1S/C15H15FN4S/c1-10-3-4-12(16)5-14(10)17-7-13-9-21-15(19-13)11-6-18-20(2)8-11/h3-6,8-9,17H,7H2,1-2H3. The third kappa shape index (κ3) is 3.11. The molecule has 3 rings (SSSR count). The zero-order chi connectivity index (χ0) is 14.8. The number of rotatable bonds is 4. The minimum absolute atomic E-state index is 0.238. The van der Waals surface area contributed by atoms with Crippen molar-refractivity contribution in [1.82, 2.24) is 14.8 Å². The van der Waals surface area contributed by atoms with Crippen molar-refractivity contribution in [2.75, 3.05) is 5.32 Å². The van der Waals surface area contributed by atoms with Gasteiger partial charge < -0.3 is 5.32 Å². The van der Waals surface area contributed by atoms with Crippen molar-refractivity contribution in [2.24, 2.45) is 7.05 Å². The van der Waals surface area contributed by atoms with Gasteiger partial charge in [-0.2, -0.15) is 5.10 Å². The molecule has 0 fully saturated rings. The number of aromatic nitrogens is 3. The Morgan fingerprint density at radius 3 is 3.00 bits per heavy atom. The fourth-order valence-corrected chi connectivity index (χ4v) is 2.82. The van der Waals surface area contributed by atoms with E-state index in [-0.39, 0.29) is 5.82 Å². The van der Waals surface area contributed by atoms with Crippen molar-refractivity contribution in [3.05, 3.63) is 53.0 Å². The molecule has 0 aliphatic rings. The topological polar surface area (TPSA) is 42.7 Å². The molecule has 3 aromatic rings. The molecule has 0 saturated carbocycles. The molecule has 1 N–H and O–H groups in total. The molecule has 0 atom stereocenters. The second-order valence-corrected chi connectivity index (χ2v) is 5.72. The predicted molar refractivity (Wildman–Crippen MR) is 82.8 cm³/mol. The van der Waals surface area contributed by atoms with Gasteiger partial charge in [0.15, 0.2) is 0 Å². The van der Waals surface area contributed by atoms with Crippen LogP contribution in [0.4, 0.5) is 10.1 Å². The summed E-state index contributed by atoms with van der Waals surface area (Å²) in [6.07, 6.45) is 3.74. The Kier molecular flexibility index (Phi) is 3.70. The van der Waals surface area contributed by atoms with Gasteiger partial charge in [-0.3, -0.25) is 4.68 Å². The Morgan fingerprint density at radius 1 is 1.38 bits per heavy atom. The summed E-state index contributed by atoms with van der Waals surface area (Å²) in [6, 6.07) is 4.73. The lowest BCUT2D eigenvalue weighted by Gasteiger charge is -2.07. The van der Waals surface area contributed by atoms with Gasteiger partial charge in [0.2, 0.25) is 0 Å². The zero-order valence-corrected chi connectivity index (χ0v) is 12.6. The second kappa shape index (κ2) is 5.65. The number of thiazole rings is 1. The van der Waals surface area contributed by atoms with Gasteiger partial charge >= 0.3 is 0 Å². The average molecular weight is 302 g/mol. The molecule has 0 saturated heterocycles. The highest BCUT2D eigenvalue weighted by Gasteiger charge is 2.07. The van der Waals surface area contributed by atoms with Gasteiger partial charge in [-0.1, -0.05) is 6.07 Å². The monoisotopic (exact) mass is 302 g/mol. The average Bonchev–Trinajstić information content (AvgIpc) is 3.08. The highest BCUT2D eigenvalue weighted by atomic mass is 32.1. The quantitative estimate of drug-likeness (QED) is 0.800. The van der Waals surface area contributed by atoms with Gasteiger partial charge in [-0.15, -0.1) is 11.3 Å². The van der Waals surface area contributed by atoms with E-state index in [2.05, 4.69) is 15.4 Å². The first-order valence-corrected chi connectivity index (χ1v) is 7.43. The van der Waals surface area contributed by atoms with Crippen LogP contribution in [0.5, 0.6) is 0 Å². The number of nitrogens with one attached hydrogen (secondary N) is 1. The molecule has 0 radical (unpaired) electrons. The van der Waals surface area contributed by atoms with Gasteiger partial charge in [0.25, 0.3) is 0 Å². The summed E-state index contributed by atoms with van der Waals surface area (Å²) >= 11 is 1.58. The Hall–Kier alpha value is -2.21. The lowest BCUT2D eigenvalue weighted by molar-refractivity contribution is 0.628. The van der Waals surface area contributed by atoms with Crippen molar-refractivity contribution in [3.63, 3.8) is 0 Å². The van der Waals surface area contributed by atoms with Crippen molar-refractivity contribution in [3.8, 4) is 10.6 Å². The number of benzene rings is 1. The number of hydrogen-bond acceptors (Lipinski definition) is 4. The third-order valence-corrected chi connectivity index (χ3v) is 4.10. The number of halogens is 1. The minimum Gasteiger partial charge on any atom is -0.379 e. The number of nitrogens with zero attached hydrogens (tertiary/aromatic N) is 3. The predicted octanol–water partition coefficient (Wildman–Crippen LogP) is 3.60. The molecule has 0 unspecified atom stereocenters. The van der Waals surface area contributed by atoms with Crippen LogP contribution in [0.2, 0.25) is 0 Å². The van der Waals surface area contributed by atoms with E-state index >= 15 is 0 Å². The molecule has 0 aliphatic heterocycles. The summed E-state index contributed by atoms with van der Waals surface area (Å²) in [5.74, 6) is -0.238. The summed E-state index contributed by atoms with van der Waals surface area (Å²) in [7, 11) is 1.88. The highest BCUT2D eigenvalue weighted by Crippen LogP contribution is 2.24. The first-order chi connectivity index (χ1) is 10.1. The molecule has 2 heterocycles.